The zero-order valence-electron chi connectivity index (χ0n) is 8.86. The number of rotatable bonds is 2. The first-order valence-electron chi connectivity index (χ1n) is 5.58. The van der Waals surface area contributed by atoms with Crippen LogP contribution in [-0.2, 0) is 4.79 Å². The number of hydrogen-bond acceptors (Lipinski definition) is 2. The van der Waals surface area contributed by atoms with Gasteiger partial charge in [-0.15, -0.1) is 0 Å². The van der Waals surface area contributed by atoms with Crippen molar-refractivity contribution in [2.75, 3.05) is 0 Å². The highest BCUT2D eigenvalue weighted by atomic mass is 16.4. The van der Waals surface area contributed by atoms with Crippen molar-refractivity contribution in [3.8, 4) is 0 Å². The predicted molar refractivity (Wildman–Crippen MR) is 54.0 cm³/mol. The fourth-order valence-corrected chi connectivity index (χ4v) is 3.28. The molecule has 0 aliphatic carbocycles. The van der Waals surface area contributed by atoms with Crippen molar-refractivity contribution >= 4 is 5.97 Å². The number of carboxylic acids is 1. The number of fused-ring (bicyclic) bond motifs is 2. The van der Waals surface area contributed by atoms with Crippen LogP contribution in [0.5, 0.6) is 0 Å². The standard InChI is InChI=1S/C11H19NO2/c1-6(2)10-8(11(13)14)5-7-3-4-9(10)12-7/h6-10,12H,3-5H2,1-2H3,(H,13,14). The molecule has 14 heavy (non-hydrogen) atoms. The molecule has 0 spiro atoms. The molecule has 2 rings (SSSR count). The summed E-state index contributed by atoms with van der Waals surface area (Å²) in [6.45, 7) is 4.28. The van der Waals surface area contributed by atoms with Crippen molar-refractivity contribution in [2.45, 2.75) is 45.2 Å². The first kappa shape index (κ1) is 9.97. The largest absolute Gasteiger partial charge is 0.481 e. The maximum Gasteiger partial charge on any atom is 0.306 e. The van der Waals surface area contributed by atoms with E-state index in [0.29, 0.717) is 23.9 Å². The molecule has 4 unspecified atom stereocenters. The molecule has 3 heteroatoms. The summed E-state index contributed by atoms with van der Waals surface area (Å²) >= 11 is 0. The van der Waals surface area contributed by atoms with Crippen LogP contribution in [0.2, 0.25) is 0 Å². The highest BCUT2D eigenvalue weighted by Gasteiger charge is 2.45. The summed E-state index contributed by atoms with van der Waals surface area (Å²) in [5.74, 6) is 0.0785. The summed E-state index contributed by atoms with van der Waals surface area (Å²) in [6.07, 6.45) is 3.16. The van der Waals surface area contributed by atoms with Gasteiger partial charge in [-0.05, 0) is 31.1 Å². The Morgan fingerprint density at radius 1 is 1.43 bits per heavy atom. The van der Waals surface area contributed by atoms with Gasteiger partial charge in [0.1, 0.15) is 0 Å². The second-order valence-electron chi connectivity index (χ2n) is 5.05. The van der Waals surface area contributed by atoms with E-state index in [-0.39, 0.29) is 5.92 Å². The summed E-state index contributed by atoms with van der Waals surface area (Å²) in [5.41, 5.74) is 0. The number of carboxylic acid groups (broad SMARTS) is 1. The third-order valence-electron chi connectivity index (χ3n) is 3.83. The molecule has 0 aromatic rings. The van der Waals surface area contributed by atoms with Crippen molar-refractivity contribution in [3.63, 3.8) is 0 Å². The SMILES string of the molecule is CC(C)C1C2CCC(CC1C(=O)O)N2. The topological polar surface area (TPSA) is 49.3 Å². The molecular formula is C11H19NO2. The van der Waals surface area contributed by atoms with Gasteiger partial charge >= 0.3 is 5.97 Å². The average molecular weight is 197 g/mol. The van der Waals surface area contributed by atoms with Crippen LogP contribution in [-0.4, -0.2) is 23.2 Å². The minimum Gasteiger partial charge on any atom is -0.481 e. The lowest BCUT2D eigenvalue weighted by molar-refractivity contribution is -0.146. The Labute approximate surface area is 84.9 Å². The van der Waals surface area contributed by atoms with Crippen molar-refractivity contribution in [2.24, 2.45) is 17.8 Å². The van der Waals surface area contributed by atoms with Gasteiger partial charge in [-0.3, -0.25) is 4.79 Å². The number of piperidine rings is 1. The smallest absolute Gasteiger partial charge is 0.306 e. The van der Waals surface area contributed by atoms with Crippen molar-refractivity contribution < 1.29 is 9.90 Å². The summed E-state index contributed by atoms with van der Waals surface area (Å²) in [6, 6.07) is 0.922. The van der Waals surface area contributed by atoms with Crippen molar-refractivity contribution in [1.82, 2.24) is 5.32 Å². The molecule has 2 aliphatic heterocycles. The maximum atomic E-state index is 11.2. The molecule has 0 aromatic heterocycles. The zero-order chi connectivity index (χ0) is 10.3. The Bertz CT molecular complexity index is 239. The van der Waals surface area contributed by atoms with E-state index in [0.717, 1.165) is 19.3 Å². The Balaban J connectivity index is 2.18. The third-order valence-corrected chi connectivity index (χ3v) is 3.83. The van der Waals surface area contributed by atoms with Gasteiger partial charge in [-0.2, -0.15) is 0 Å². The molecule has 0 saturated carbocycles. The fraction of sp³-hybridized carbons (Fsp3) is 0.909. The van der Waals surface area contributed by atoms with Gasteiger partial charge in [0.2, 0.25) is 0 Å². The molecule has 2 fully saturated rings. The fourth-order valence-electron chi connectivity index (χ4n) is 3.28. The second-order valence-corrected chi connectivity index (χ2v) is 5.05. The quantitative estimate of drug-likeness (QED) is 0.705. The van der Waals surface area contributed by atoms with E-state index in [2.05, 4.69) is 19.2 Å². The summed E-state index contributed by atoms with van der Waals surface area (Å²) in [7, 11) is 0. The van der Waals surface area contributed by atoms with Crippen LogP contribution in [0, 0.1) is 17.8 Å². The first-order valence-corrected chi connectivity index (χ1v) is 5.58. The van der Waals surface area contributed by atoms with E-state index in [1.807, 2.05) is 0 Å². The molecule has 4 atom stereocenters. The van der Waals surface area contributed by atoms with Gasteiger partial charge < -0.3 is 10.4 Å². The zero-order valence-corrected chi connectivity index (χ0v) is 8.86. The van der Waals surface area contributed by atoms with Gasteiger partial charge in [-0.1, -0.05) is 13.8 Å². The Hall–Kier alpha value is -0.570. The molecule has 2 heterocycles. The van der Waals surface area contributed by atoms with E-state index in [1.165, 1.54) is 0 Å². The molecule has 0 aromatic carbocycles. The summed E-state index contributed by atoms with van der Waals surface area (Å²) in [4.78, 5) is 11.2. The van der Waals surface area contributed by atoms with Crippen LogP contribution in [0.15, 0.2) is 0 Å². The van der Waals surface area contributed by atoms with Gasteiger partial charge in [-0.25, -0.2) is 0 Å². The molecule has 0 radical (unpaired) electrons. The molecule has 2 N–H and O–H groups in total. The number of aliphatic carboxylic acids is 1. The van der Waals surface area contributed by atoms with Crippen LogP contribution in [0.1, 0.15) is 33.1 Å². The van der Waals surface area contributed by atoms with E-state index in [1.54, 1.807) is 0 Å². The number of carbonyl (C=O) groups is 1. The molecule has 2 saturated heterocycles. The predicted octanol–water partition coefficient (Wildman–Crippen LogP) is 1.48. The Kier molecular flexibility index (Phi) is 2.52. The lowest BCUT2D eigenvalue weighted by Crippen LogP contribution is -2.49. The van der Waals surface area contributed by atoms with Crippen molar-refractivity contribution in [3.05, 3.63) is 0 Å². The lowest BCUT2D eigenvalue weighted by atomic mass is 9.75. The van der Waals surface area contributed by atoms with Gasteiger partial charge in [0.05, 0.1) is 5.92 Å². The minimum atomic E-state index is -0.595. The van der Waals surface area contributed by atoms with E-state index in [4.69, 9.17) is 0 Å². The first-order chi connectivity index (χ1) is 6.59. The average Bonchev–Trinajstić information content (AvgIpc) is 2.46. The third kappa shape index (κ3) is 1.54. The molecule has 3 nitrogen and oxygen atoms in total. The molecule has 2 bridgehead atoms. The summed E-state index contributed by atoms with van der Waals surface area (Å²) < 4.78 is 0. The van der Waals surface area contributed by atoms with Crippen molar-refractivity contribution in [1.29, 1.82) is 0 Å². The second kappa shape index (κ2) is 3.54. The lowest BCUT2D eigenvalue weighted by Gasteiger charge is -2.37. The van der Waals surface area contributed by atoms with Crippen LogP contribution in [0.3, 0.4) is 0 Å². The van der Waals surface area contributed by atoms with E-state index in [9.17, 15) is 9.90 Å². The number of hydrogen-bond donors (Lipinski definition) is 2. The van der Waals surface area contributed by atoms with E-state index >= 15 is 0 Å². The van der Waals surface area contributed by atoms with Crippen LogP contribution in [0.4, 0.5) is 0 Å². The Morgan fingerprint density at radius 2 is 2.14 bits per heavy atom. The highest BCUT2D eigenvalue weighted by molar-refractivity contribution is 5.71. The monoisotopic (exact) mass is 197 g/mol. The summed E-state index contributed by atoms with van der Waals surface area (Å²) in [5, 5.41) is 12.7. The maximum absolute atomic E-state index is 11.2. The molecular weight excluding hydrogens is 178 g/mol. The molecule has 2 aliphatic rings. The highest BCUT2D eigenvalue weighted by Crippen LogP contribution is 2.39. The van der Waals surface area contributed by atoms with Gasteiger partial charge in [0.25, 0.3) is 0 Å². The molecule has 80 valence electrons. The van der Waals surface area contributed by atoms with Crippen LogP contribution >= 0.6 is 0 Å². The van der Waals surface area contributed by atoms with Gasteiger partial charge in [0, 0.05) is 12.1 Å². The number of nitrogens with one attached hydrogen (secondary N) is 1. The van der Waals surface area contributed by atoms with Crippen LogP contribution < -0.4 is 5.32 Å². The van der Waals surface area contributed by atoms with Crippen LogP contribution in [0.25, 0.3) is 0 Å². The van der Waals surface area contributed by atoms with Gasteiger partial charge in [0.15, 0.2) is 0 Å². The minimum absolute atomic E-state index is 0.117. The molecule has 0 amide bonds. The van der Waals surface area contributed by atoms with E-state index < -0.39 is 5.97 Å². The normalized spacial score (nSPS) is 41.6. The Morgan fingerprint density at radius 3 is 2.71 bits per heavy atom.